The van der Waals surface area contributed by atoms with Crippen LogP contribution in [0.2, 0.25) is 0 Å². The molecule has 2 nitrogen and oxygen atoms in total. The second-order valence-electron chi connectivity index (χ2n) is 3.59. The first-order valence-electron chi connectivity index (χ1n) is 4.76. The van der Waals surface area contributed by atoms with Gasteiger partial charge in [-0.1, -0.05) is 0 Å². The summed E-state index contributed by atoms with van der Waals surface area (Å²) in [4.78, 5) is 1.88. The molecule has 16 heavy (non-hydrogen) atoms. The van der Waals surface area contributed by atoms with Crippen molar-refractivity contribution in [1.82, 2.24) is 4.90 Å². The summed E-state index contributed by atoms with van der Waals surface area (Å²) in [5.74, 6) is 0.122. The Labute approximate surface area is 92.6 Å². The van der Waals surface area contributed by atoms with Crippen LogP contribution in [0.5, 0.6) is 5.75 Å². The van der Waals surface area contributed by atoms with Gasteiger partial charge in [0.15, 0.2) is 0 Å². The van der Waals surface area contributed by atoms with E-state index in [1.165, 1.54) is 6.07 Å². The van der Waals surface area contributed by atoms with Crippen molar-refractivity contribution in [3.05, 3.63) is 29.8 Å². The lowest BCUT2D eigenvalue weighted by atomic mass is 10.2. The number of alkyl halides is 3. The third-order valence-electron chi connectivity index (χ3n) is 1.90. The maximum atomic E-state index is 12.3. The number of nitrogens with zero attached hydrogens (tertiary/aromatic N) is 1. The molecule has 0 aliphatic rings. The smallest absolute Gasteiger partial charge is 0.416 e. The second-order valence-corrected chi connectivity index (χ2v) is 3.59. The van der Waals surface area contributed by atoms with E-state index in [1.807, 2.05) is 19.0 Å². The van der Waals surface area contributed by atoms with Gasteiger partial charge in [-0.3, -0.25) is 0 Å². The van der Waals surface area contributed by atoms with E-state index in [0.29, 0.717) is 13.2 Å². The van der Waals surface area contributed by atoms with E-state index in [4.69, 9.17) is 4.74 Å². The summed E-state index contributed by atoms with van der Waals surface area (Å²) in [6.45, 7) is 0.981. The van der Waals surface area contributed by atoms with E-state index in [-0.39, 0.29) is 5.75 Å². The normalized spacial score (nSPS) is 11.9. The molecule has 0 aliphatic heterocycles. The van der Waals surface area contributed by atoms with E-state index in [2.05, 4.69) is 6.07 Å². The van der Waals surface area contributed by atoms with Gasteiger partial charge in [-0.05, 0) is 32.3 Å². The summed E-state index contributed by atoms with van der Waals surface area (Å²) in [5, 5.41) is 0. The van der Waals surface area contributed by atoms with Crippen LogP contribution in [0, 0.1) is 6.07 Å². The fraction of sp³-hybridized carbons (Fsp3) is 0.455. The van der Waals surface area contributed by atoms with E-state index in [1.54, 1.807) is 0 Å². The van der Waals surface area contributed by atoms with Crippen molar-refractivity contribution < 1.29 is 17.9 Å². The summed E-state index contributed by atoms with van der Waals surface area (Å²) in [6.07, 6.45) is -4.34. The van der Waals surface area contributed by atoms with Gasteiger partial charge in [0, 0.05) is 12.6 Å². The van der Waals surface area contributed by atoms with Crippen LogP contribution in [0.4, 0.5) is 13.2 Å². The van der Waals surface area contributed by atoms with Crippen LogP contribution in [0.3, 0.4) is 0 Å². The fourth-order valence-corrected chi connectivity index (χ4v) is 1.04. The fourth-order valence-electron chi connectivity index (χ4n) is 1.04. The Bertz CT molecular complexity index is 336. The van der Waals surface area contributed by atoms with Crippen LogP contribution in [0.15, 0.2) is 18.2 Å². The van der Waals surface area contributed by atoms with Crippen molar-refractivity contribution >= 4 is 0 Å². The largest absolute Gasteiger partial charge is 0.492 e. The monoisotopic (exact) mass is 232 g/mol. The van der Waals surface area contributed by atoms with E-state index >= 15 is 0 Å². The third kappa shape index (κ3) is 4.10. The van der Waals surface area contributed by atoms with Gasteiger partial charge in [-0.2, -0.15) is 13.2 Å². The van der Waals surface area contributed by atoms with Crippen LogP contribution < -0.4 is 4.74 Å². The topological polar surface area (TPSA) is 12.5 Å². The Hall–Kier alpha value is -1.23. The molecule has 1 radical (unpaired) electrons. The Morgan fingerprint density at radius 2 is 2.06 bits per heavy atom. The van der Waals surface area contributed by atoms with Gasteiger partial charge >= 0.3 is 6.18 Å². The van der Waals surface area contributed by atoms with Gasteiger partial charge in [-0.15, -0.1) is 0 Å². The molecule has 0 bridgehead atoms. The number of ether oxygens (including phenoxy) is 1. The molecular formula is C11H13F3NO. The lowest BCUT2D eigenvalue weighted by Crippen LogP contribution is -2.19. The van der Waals surface area contributed by atoms with E-state index < -0.39 is 11.7 Å². The van der Waals surface area contributed by atoms with Gasteiger partial charge in [0.1, 0.15) is 12.4 Å². The quantitative estimate of drug-likeness (QED) is 0.790. The third-order valence-corrected chi connectivity index (χ3v) is 1.90. The van der Waals surface area contributed by atoms with Crippen molar-refractivity contribution in [2.45, 2.75) is 6.18 Å². The van der Waals surface area contributed by atoms with Crippen LogP contribution in [-0.2, 0) is 6.18 Å². The first-order valence-corrected chi connectivity index (χ1v) is 4.76. The van der Waals surface area contributed by atoms with Crippen LogP contribution in [0.1, 0.15) is 5.56 Å². The van der Waals surface area contributed by atoms with Gasteiger partial charge in [0.05, 0.1) is 5.56 Å². The Morgan fingerprint density at radius 1 is 1.38 bits per heavy atom. The molecule has 1 aromatic rings. The van der Waals surface area contributed by atoms with Gasteiger partial charge < -0.3 is 9.64 Å². The summed E-state index contributed by atoms with van der Waals surface area (Å²) in [7, 11) is 3.72. The molecule has 0 fully saturated rings. The second kappa shape index (κ2) is 5.21. The maximum absolute atomic E-state index is 12.3. The number of halogens is 3. The predicted octanol–water partition coefficient (Wildman–Crippen LogP) is 2.45. The van der Waals surface area contributed by atoms with Crippen molar-refractivity contribution in [2.24, 2.45) is 0 Å². The molecule has 0 unspecified atom stereocenters. The van der Waals surface area contributed by atoms with Crippen LogP contribution in [0.25, 0.3) is 0 Å². The van der Waals surface area contributed by atoms with Crippen molar-refractivity contribution in [3.63, 3.8) is 0 Å². The zero-order valence-corrected chi connectivity index (χ0v) is 9.14. The number of hydrogen-bond acceptors (Lipinski definition) is 2. The lowest BCUT2D eigenvalue weighted by Gasteiger charge is -2.12. The molecule has 1 rings (SSSR count). The zero-order chi connectivity index (χ0) is 12.2. The summed E-state index contributed by atoms with van der Waals surface area (Å²) >= 11 is 0. The molecule has 0 spiro atoms. The standard InChI is InChI=1S/C11H13F3NO/c1-15(2)6-7-16-10-5-3-4-9(8-10)11(12,13)14/h3-4,8H,6-7H2,1-2H3. The molecular weight excluding hydrogens is 219 g/mol. The van der Waals surface area contributed by atoms with Gasteiger partial charge in [0.25, 0.3) is 0 Å². The molecule has 5 heteroatoms. The van der Waals surface area contributed by atoms with Crippen LogP contribution >= 0.6 is 0 Å². The average Bonchev–Trinajstić information content (AvgIpc) is 2.16. The molecule has 1 aromatic carbocycles. The molecule has 0 aliphatic carbocycles. The summed E-state index contributed by atoms with van der Waals surface area (Å²) in [5.41, 5.74) is -0.717. The zero-order valence-electron chi connectivity index (χ0n) is 9.14. The van der Waals surface area contributed by atoms with Crippen molar-refractivity contribution in [3.8, 4) is 5.75 Å². The molecule has 0 heterocycles. The summed E-state index contributed by atoms with van der Waals surface area (Å²) < 4.78 is 42.2. The van der Waals surface area contributed by atoms with E-state index in [9.17, 15) is 13.2 Å². The van der Waals surface area contributed by atoms with Crippen molar-refractivity contribution in [1.29, 1.82) is 0 Å². The van der Waals surface area contributed by atoms with E-state index in [0.717, 1.165) is 12.1 Å². The number of rotatable bonds is 4. The molecule has 89 valence electrons. The van der Waals surface area contributed by atoms with Crippen LogP contribution in [-0.4, -0.2) is 32.1 Å². The number of benzene rings is 1. The molecule has 0 saturated carbocycles. The molecule has 0 N–H and O–H groups in total. The number of likely N-dealkylation sites (N-methyl/N-ethyl adjacent to an activating group) is 1. The van der Waals surface area contributed by atoms with Gasteiger partial charge in [0.2, 0.25) is 0 Å². The highest BCUT2D eigenvalue weighted by molar-refractivity contribution is 5.29. The minimum absolute atomic E-state index is 0.122. The maximum Gasteiger partial charge on any atom is 0.416 e. The first-order chi connectivity index (χ1) is 7.39. The first kappa shape index (κ1) is 12.8. The molecule has 0 aromatic heterocycles. The molecule has 0 amide bonds. The average molecular weight is 232 g/mol. The lowest BCUT2D eigenvalue weighted by molar-refractivity contribution is -0.137. The predicted molar refractivity (Wildman–Crippen MR) is 54.3 cm³/mol. The molecule has 0 saturated heterocycles. The van der Waals surface area contributed by atoms with Gasteiger partial charge in [-0.25, -0.2) is 0 Å². The SMILES string of the molecule is CN(C)CCOc1[c]ccc(C(F)(F)F)c1. The minimum Gasteiger partial charge on any atom is -0.492 e. The minimum atomic E-state index is -4.34. The highest BCUT2D eigenvalue weighted by Crippen LogP contribution is 2.30. The number of hydrogen-bond donors (Lipinski definition) is 0. The Morgan fingerprint density at radius 3 is 2.62 bits per heavy atom. The van der Waals surface area contributed by atoms with Crippen molar-refractivity contribution in [2.75, 3.05) is 27.2 Å². The Kier molecular flexibility index (Phi) is 4.18. The molecule has 0 atom stereocenters. The highest BCUT2D eigenvalue weighted by atomic mass is 19.4. The summed E-state index contributed by atoms with van der Waals surface area (Å²) in [6, 6.07) is 5.76. The highest BCUT2D eigenvalue weighted by Gasteiger charge is 2.30. The Balaban J connectivity index is 2.61.